The first kappa shape index (κ1) is 12.5. The molecule has 2 N–H and O–H groups in total. The summed E-state index contributed by atoms with van der Waals surface area (Å²) in [6.07, 6.45) is 1.03. The number of hydrogen-bond donors (Lipinski definition) is 2. The van der Waals surface area contributed by atoms with Crippen molar-refractivity contribution in [3.8, 4) is 0 Å². The second kappa shape index (κ2) is 6.08. The lowest BCUT2D eigenvalue weighted by Gasteiger charge is -2.15. The van der Waals surface area contributed by atoms with E-state index in [-0.39, 0.29) is 0 Å². The minimum Gasteiger partial charge on any atom is -0.363 e. The van der Waals surface area contributed by atoms with Gasteiger partial charge in [-0.15, -0.1) is 11.3 Å². The van der Waals surface area contributed by atoms with Gasteiger partial charge in [0.2, 0.25) is 0 Å². The van der Waals surface area contributed by atoms with Gasteiger partial charge in [-0.25, -0.2) is 0 Å². The van der Waals surface area contributed by atoms with Gasteiger partial charge in [0.05, 0.1) is 0 Å². The summed E-state index contributed by atoms with van der Waals surface area (Å²) in [5.41, 5.74) is 0. The molecule has 1 unspecified atom stereocenters. The normalized spacial score (nSPS) is 12.2. The highest BCUT2D eigenvalue weighted by Gasteiger charge is 2.06. The SMILES string of the molecule is CCNC(=S)NC(C)Cc1ccc(C)s1. The van der Waals surface area contributed by atoms with Crippen molar-refractivity contribution in [3.63, 3.8) is 0 Å². The minimum atomic E-state index is 0.384. The Bertz CT molecular complexity index is 320. The lowest BCUT2D eigenvalue weighted by Crippen LogP contribution is -2.41. The molecule has 0 spiro atoms. The van der Waals surface area contributed by atoms with Crippen LogP contribution in [0.2, 0.25) is 0 Å². The van der Waals surface area contributed by atoms with E-state index in [0.29, 0.717) is 6.04 Å². The molecule has 0 amide bonds. The maximum absolute atomic E-state index is 5.13. The Kier molecular flexibility index (Phi) is 5.05. The third-order valence-electron chi connectivity index (χ3n) is 2.02. The number of hydrogen-bond acceptors (Lipinski definition) is 2. The summed E-state index contributed by atoms with van der Waals surface area (Å²) >= 11 is 6.98. The van der Waals surface area contributed by atoms with Crippen LogP contribution in [0.3, 0.4) is 0 Å². The van der Waals surface area contributed by atoms with Crippen LogP contribution in [0.15, 0.2) is 12.1 Å². The molecule has 1 heterocycles. The highest BCUT2D eigenvalue weighted by Crippen LogP contribution is 2.16. The van der Waals surface area contributed by atoms with Crippen molar-refractivity contribution in [1.29, 1.82) is 0 Å². The quantitative estimate of drug-likeness (QED) is 0.793. The van der Waals surface area contributed by atoms with Crippen molar-refractivity contribution in [2.45, 2.75) is 33.2 Å². The number of nitrogens with one attached hydrogen (secondary N) is 2. The molecular weight excluding hydrogens is 224 g/mol. The zero-order valence-corrected chi connectivity index (χ0v) is 11.1. The first-order valence-electron chi connectivity index (χ1n) is 5.21. The Morgan fingerprint density at radius 1 is 1.53 bits per heavy atom. The van der Waals surface area contributed by atoms with E-state index in [1.54, 1.807) is 0 Å². The van der Waals surface area contributed by atoms with E-state index in [1.807, 2.05) is 18.3 Å². The lowest BCUT2D eigenvalue weighted by atomic mass is 10.2. The standard InChI is InChI=1S/C11H18N2S2/c1-4-12-11(14)13-8(2)7-10-6-5-9(3)15-10/h5-6,8H,4,7H2,1-3H3,(H2,12,13,14). The smallest absolute Gasteiger partial charge is 0.166 e. The molecule has 0 saturated heterocycles. The zero-order valence-electron chi connectivity index (χ0n) is 9.46. The fourth-order valence-corrected chi connectivity index (χ4v) is 2.75. The molecule has 0 saturated carbocycles. The highest BCUT2D eigenvalue weighted by atomic mass is 32.1. The van der Waals surface area contributed by atoms with E-state index in [0.717, 1.165) is 18.1 Å². The van der Waals surface area contributed by atoms with Crippen LogP contribution >= 0.6 is 23.6 Å². The molecule has 0 aliphatic carbocycles. The van der Waals surface area contributed by atoms with Gasteiger partial charge in [0.25, 0.3) is 0 Å². The summed E-state index contributed by atoms with van der Waals surface area (Å²) < 4.78 is 0. The Morgan fingerprint density at radius 3 is 2.80 bits per heavy atom. The number of thiophene rings is 1. The molecule has 0 fully saturated rings. The lowest BCUT2D eigenvalue weighted by molar-refractivity contribution is 0.657. The van der Waals surface area contributed by atoms with Crippen molar-refractivity contribution in [3.05, 3.63) is 21.9 Å². The Hall–Kier alpha value is -0.610. The van der Waals surface area contributed by atoms with Gasteiger partial charge in [-0.05, 0) is 45.1 Å². The molecule has 15 heavy (non-hydrogen) atoms. The molecule has 0 bridgehead atoms. The van der Waals surface area contributed by atoms with Gasteiger partial charge in [-0.2, -0.15) is 0 Å². The van der Waals surface area contributed by atoms with Crippen LogP contribution in [0, 0.1) is 6.92 Å². The molecule has 84 valence electrons. The fourth-order valence-electron chi connectivity index (χ4n) is 1.38. The zero-order chi connectivity index (χ0) is 11.3. The second-order valence-electron chi connectivity index (χ2n) is 3.62. The predicted molar refractivity (Wildman–Crippen MR) is 71.6 cm³/mol. The summed E-state index contributed by atoms with van der Waals surface area (Å²) in [4.78, 5) is 2.78. The molecule has 4 heteroatoms. The van der Waals surface area contributed by atoms with E-state index >= 15 is 0 Å². The summed E-state index contributed by atoms with van der Waals surface area (Å²) in [5.74, 6) is 0. The van der Waals surface area contributed by atoms with Crippen molar-refractivity contribution in [1.82, 2.24) is 10.6 Å². The van der Waals surface area contributed by atoms with Crippen LogP contribution in [-0.4, -0.2) is 17.7 Å². The van der Waals surface area contributed by atoms with Crippen LogP contribution < -0.4 is 10.6 Å². The van der Waals surface area contributed by atoms with Crippen LogP contribution in [-0.2, 0) is 6.42 Å². The van der Waals surface area contributed by atoms with Gasteiger partial charge in [0.1, 0.15) is 0 Å². The molecule has 1 aromatic heterocycles. The van der Waals surface area contributed by atoms with Crippen molar-refractivity contribution >= 4 is 28.7 Å². The van der Waals surface area contributed by atoms with E-state index in [1.165, 1.54) is 9.75 Å². The van der Waals surface area contributed by atoms with E-state index in [4.69, 9.17) is 12.2 Å². The Labute approximate surface area is 101 Å². The molecule has 0 aliphatic heterocycles. The average molecular weight is 242 g/mol. The van der Waals surface area contributed by atoms with Gasteiger partial charge in [0, 0.05) is 28.8 Å². The predicted octanol–water partition coefficient (Wildman–Crippen LogP) is 2.47. The highest BCUT2D eigenvalue weighted by molar-refractivity contribution is 7.80. The van der Waals surface area contributed by atoms with Crippen LogP contribution in [0.4, 0.5) is 0 Å². The summed E-state index contributed by atoms with van der Waals surface area (Å²) in [6.45, 7) is 7.20. The molecular formula is C11H18N2S2. The van der Waals surface area contributed by atoms with Crippen molar-refractivity contribution in [2.24, 2.45) is 0 Å². The molecule has 1 atom stereocenters. The first-order valence-corrected chi connectivity index (χ1v) is 6.44. The molecule has 2 nitrogen and oxygen atoms in total. The van der Waals surface area contributed by atoms with Gasteiger partial charge in [0.15, 0.2) is 5.11 Å². The average Bonchev–Trinajstić information content (AvgIpc) is 2.51. The summed E-state index contributed by atoms with van der Waals surface area (Å²) in [7, 11) is 0. The van der Waals surface area contributed by atoms with Crippen LogP contribution in [0.1, 0.15) is 23.6 Å². The fraction of sp³-hybridized carbons (Fsp3) is 0.545. The third-order valence-corrected chi connectivity index (χ3v) is 3.30. The summed E-state index contributed by atoms with van der Waals surface area (Å²) in [6, 6.07) is 4.73. The molecule has 1 rings (SSSR count). The van der Waals surface area contributed by atoms with E-state index < -0.39 is 0 Å². The van der Waals surface area contributed by atoms with Gasteiger partial charge < -0.3 is 10.6 Å². The van der Waals surface area contributed by atoms with Gasteiger partial charge in [-0.1, -0.05) is 0 Å². The largest absolute Gasteiger partial charge is 0.363 e. The Morgan fingerprint density at radius 2 is 2.27 bits per heavy atom. The maximum Gasteiger partial charge on any atom is 0.166 e. The van der Waals surface area contributed by atoms with E-state index in [2.05, 4.69) is 36.6 Å². The number of rotatable bonds is 4. The molecule has 1 aromatic rings. The molecule has 0 aliphatic rings. The molecule has 0 aromatic carbocycles. The molecule has 0 radical (unpaired) electrons. The maximum atomic E-state index is 5.13. The van der Waals surface area contributed by atoms with Crippen molar-refractivity contribution in [2.75, 3.05) is 6.54 Å². The number of thiocarbonyl (C=S) groups is 1. The summed E-state index contributed by atoms with van der Waals surface area (Å²) in [5, 5.41) is 7.11. The third kappa shape index (κ3) is 4.62. The van der Waals surface area contributed by atoms with Crippen molar-refractivity contribution < 1.29 is 0 Å². The Balaban J connectivity index is 2.35. The second-order valence-corrected chi connectivity index (χ2v) is 5.40. The number of aryl methyl sites for hydroxylation is 1. The first-order chi connectivity index (χ1) is 7.11. The van der Waals surface area contributed by atoms with Crippen LogP contribution in [0.25, 0.3) is 0 Å². The topological polar surface area (TPSA) is 24.1 Å². The van der Waals surface area contributed by atoms with Crippen LogP contribution in [0.5, 0.6) is 0 Å². The monoisotopic (exact) mass is 242 g/mol. The minimum absolute atomic E-state index is 0.384. The van der Waals surface area contributed by atoms with Gasteiger partial charge in [-0.3, -0.25) is 0 Å². The van der Waals surface area contributed by atoms with Gasteiger partial charge >= 0.3 is 0 Å². The van der Waals surface area contributed by atoms with E-state index in [9.17, 15) is 0 Å².